The van der Waals surface area contributed by atoms with Crippen LogP contribution in [0.3, 0.4) is 0 Å². The molecule has 7 heteroatoms. The van der Waals surface area contributed by atoms with Crippen molar-refractivity contribution in [1.29, 1.82) is 0 Å². The lowest BCUT2D eigenvalue weighted by Crippen LogP contribution is -2.01. The second-order valence-corrected chi connectivity index (χ2v) is 2.70. The summed E-state index contributed by atoms with van der Waals surface area (Å²) < 4.78 is 24.2. The van der Waals surface area contributed by atoms with E-state index in [-0.39, 0.29) is 0 Å². The predicted molar refractivity (Wildman–Crippen MR) is 42.8 cm³/mol. The van der Waals surface area contributed by atoms with Gasteiger partial charge in [0.1, 0.15) is 16.3 Å². The molecular formula is C7H4ClF2NO3. The van der Waals surface area contributed by atoms with Gasteiger partial charge in [-0.15, -0.1) is 0 Å². The van der Waals surface area contributed by atoms with Crippen molar-refractivity contribution in [2.75, 3.05) is 0 Å². The molecule has 0 amide bonds. The van der Waals surface area contributed by atoms with Crippen LogP contribution in [0.15, 0.2) is 6.20 Å². The van der Waals surface area contributed by atoms with Crippen molar-refractivity contribution in [2.24, 2.45) is 0 Å². The summed E-state index contributed by atoms with van der Waals surface area (Å²) in [4.78, 5) is 13.5. The number of carbonyl (C=O) groups is 1. The summed E-state index contributed by atoms with van der Waals surface area (Å²) in [5.74, 6) is -2.44. The van der Waals surface area contributed by atoms with E-state index in [2.05, 4.69) is 4.98 Å². The maximum Gasteiger partial charge on any atom is 0.338 e. The highest BCUT2D eigenvalue weighted by molar-refractivity contribution is 6.34. The molecule has 76 valence electrons. The standard InChI is InChI=1S/C7H4ClF2NO3/c8-3-2(7(13)14)1-11-4(5(3)12)6(9)10/h1,6,12H,(H,13,14). The summed E-state index contributed by atoms with van der Waals surface area (Å²) in [7, 11) is 0. The van der Waals surface area contributed by atoms with Gasteiger partial charge in [-0.2, -0.15) is 0 Å². The molecule has 0 aliphatic heterocycles. The molecule has 0 aromatic carbocycles. The largest absolute Gasteiger partial charge is 0.504 e. The molecule has 0 aliphatic carbocycles. The minimum absolute atomic E-state index is 0.520. The number of aromatic nitrogens is 1. The Morgan fingerprint density at radius 2 is 2.14 bits per heavy atom. The highest BCUT2D eigenvalue weighted by atomic mass is 35.5. The SMILES string of the molecule is O=C(O)c1cnc(C(F)F)c(O)c1Cl. The van der Waals surface area contributed by atoms with Gasteiger partial charge in [-0.25, -0.2) is 13.6 Å². The summed E-state index contributed by atoms with van der Waals surface area (Å²) in [5, 5.41) is 16.9. The average Bonchev–Trinajstić information content (AvgIpc) is 2.08. The number of carboxylic acid groups (broad SMARTS) is 1. The highest BCUT2D eigenvalue weighted by Crippen LogP contribution is 2.34. The van der Waals surface area contributed by atoms with Crippen molar-refractivity contribution < 1.29 is 23.8 Å². The number of halogens is 3. The molecule has 1 heterocycles. The molecule has 2 N–H and O–H groups in total. The van der Waals surface area contributed by atoms with E-state index in [1.54, 1.807) is 0 Å². The van der Waals surface area contributed by atoms with Crippen molar-refractivity contribution in [3.8, 4) is 5.75 Å². The van der Waals surface area contributed by atoms with Crippen LogP contribution in [0.4, 0.5) is 8.78 Å². The molecule has 1 rings (SSSR count). The monoisotopic (exact) mass is 223 g/mol. The van der Waals surface area contributed by atoms with Crippen molar-refractivity contribution >= 4 is 17.6 Å². The van der Waals surface area contributed by atoms with E-state index in [4.69, 9.17) is 21.8 Å². The Labute approximate surface area is 81.8 Å². The Hall–Kier alpha value is -1.43. The lowest BCUT2D eigenvalue weighted by Gasteiger charge is -2.05. The molecule has 0 saturated heterocycles. The summed E-state index contributed by atoms with van der Waals surface area (Å²) in [5.41, 5.74) is -1.45. The molecule has 0 radical (unpaired) electrons. The van der Waals surface area contributed by atoms with E-state index in [0.717, 1.165) is 0 Å². The summed E-state index contributed by atoms with van der Waals surface area (Å²) >= 11 is 5.33. The van der Waals surface area contributed by atoms with E-state index in [0.29, 0.717) is 6.20 Å². The number of aromatic hydroxyl groups is 1. The Balaban J connectivity index is 3.33. The zero-order valence-electron chi connectivity index (χ0n) is 6.54. The second-order valence-electron chi connectivity index (χ2n) is 2.33. The third kappa shape index (κ3) is 1.74. The zero-order valence-corrected chi connectivity index (χ0v) is 7.29. The maximum absolute atomic E-state index is 12.1. The number of pyridine rings is 1. The number of carboxylic acids is 1. The third-order valence-electron chi connectivity index (χ3n) is 1.46. The van der Waals surface area contributed by atoms with Gasteiger partial charge >= 0.3 is 5.97 Å². The predicted octanol–water partition coefficient (Wildman–Crippen LogP) is 2.08. The Morgan fingerprint density at radius 3 is 2.57 bits per heavy atom. The van der Waals surface area contributed by atoms with Gasteiger partial charge in [0.05, 0.1) is 0 Å². The first kappa shape index (κ1) is 10.6. The zero-order chi connectivity index (χ0) is 10.9. The number of hydrogen-bond acceptors (Lipinski definition) is 3. The van der Waals surface area contributed by atoms with Crippen LogP contribution in [0.5, 0.6) is 5.75 Å². The smallest absolute Gasteiger partial charge is 0.338 e. The Morgan fingerprint density at radius 1 is 1.57 bits per heavy atom. The molecule has 0 spiro atoms. The van der Waals surface area contributed by atoms with Gasteiger partial charge in [0.2, 0.25) is 0 Å². The minimum Gasteiger partial charge on any atom is -0.504 e. The number of alkyl halides is 2. The first-order valence-electron chi connectivity index (χ1n) is 3.34. The third-order valence-corrected chi connectivity index (χ3v) is 1.84. The molecule has 0 saturated carbocycles. The maximum atomic E-state index is 12.1. The number of rotatable bonds is 2. The van der Waals surface area contributed by atoms with Gasteiger partial charge in [0.15, 0.2) is 5.75 Å². The second kappa shape index (κ2) is 3.75. The number of aromatic carboxylic acids is 1. The van der Waals surface area contributed by atoms with Gasteiger partial charge in [0, 0.05) is 6.20 Å². The molecule has 0 fully saturated rings. The first-order chi connectivity index (χ1) is 6.45. The molecule has 0 bridgehead atoms. The van der Waals surface area contributed by atoms with Crippen molar-refractivity contribution in [3.05, 3.63) is 22.5 Å². The van der Waals surface area contributed by atoms with Gasteiger partial charge < -0.3 is 10.2 Å². The molecule has 0 atom stereocenters. The Bertz CT molecular complexity index is 383. The van der Waals surface area contributed by atoms with Gasteiger partial charge in [-0.1, -0.05) is 11.6 Å². The fraction of sp³-hybridized carbons (Fsp3) is 0.143. The van der Waals surface area contributed by atoms with Gasteiger partial charge in [0.25, 0.3) is 6.43 Å². The molecule has 0 unspecified atom stereocenters. The summed E-state index contributed by atoms with van der Waals surface area (Å²) in [6, 6.07) is 0. The Kier molecular flexibility index (Phi) is 2.85. The molecule has 1 aromatic rings. The van der Waals surface area contributed by atoms with Crippen molar-refractivity contribution in [3.63, 3.8) is 0 Å². The van der Waals surface area contributed by atoms with Gasteiger partial charge in [-0.3, -0.25) is 4.98 Å². The quantitative estimate of drug-likeness (QED) is 0.805. The van der Waals surface area contributed by atoms with E-state index < -0.39 is 34.4 Å². The lowest BCUT2D eigenvalue weighted by atomic mass is 10.2. The molecule has 0 aliphatic rings. The average molecular weight is 224 g/mol. The van der Waals surface area contributed by atoms with E-state index in [1.165, 1.54) is 0 Å². The van der Waals surface area contributed by atoms with E-state index >= 15 is 0 Å². The number of hydrogen-bond donors (Lipinski definition) is 2. The van der Waals surface area contributed by atoms with Crippen LogP contribution in [-0.4, -0.2) is 21.2 Å². The van der Waals surface area contributed by atoms with Crippen molar-refractivity contribution in [1.82, 2.24) is 4.98 Å². The van der Waals surface area contributed by atoms with Crippen LogP contribution in [0.2, 0.25) is 5.02 Å². The van der Waals surface area contributed by atoms with Crippen LogP contribution in [0.25, 0.3) is 0 Å². The lowest BCUT2D eigenvalue weighted by molar-refractivity contribution is 0.0695. The summed E-state index contributed by atoms with van der Waals surface area (Å²) in [6.45, 7) is 0. The minimum atomic E-state index is -3.00. The fourth-order valence-corrected chi connectivity index (χ4v) is 1.03. The normalized spacial score (nSPS) is 10.6. The molecule has 1 aromatic heterocycles. The van der Waals surface area contributed by atoms with Crippen LogP contribution in [0, 0.1) is 0 Å². The first-order valence-corrected chi connectivity index (χ1v) is 3.71. The summed E-state index contributed by atoms with van der Waals surface area (Å²) in [6.07, 6.45) is -2.33. The molecular weight excluding hydrogens is 220 g/mol. The van der Waals surface area contributed by atoms with Crippen LogP contribution < -0.4 is 0 Å². The van der Waals surface area contributed by atoms with Crippen LogP contribution >= 0.6 is 11.6 Å². The van der Waals surface area contributed by atoms with Crippen molar-refractivity contribution in [2.45, 2.75) is 6.43 Å². The molecule has 14 heavy (non-hydrogen) atoms. The van der Waals surface area contributed by atoms with E-state index in [9.17, 15) is 13.6 Å². The number of nitrogens with zero attached hydrogens (tertiary/aromatic N) is 1. The molecule has 4 nitrogen and oxygen atoms in total. The fourth-order valence-electron chi connectivity index (χ4n) is 0.801. The van der Waals surface area contributed by atoms with Crippen LogP contribution in [0.1, 0.15) is 22.5 Å². The van der Waals surface area contributed by atoms with Gasteiger partial charge in [-0.05, 0) is 0 Å². The highest BCUT2D eigenvalue weighted by Gasteiger charge is 2.21. The topological polar surface area (TPSA) is 70.4 Å². The van der Waals surface area contributed by atoms with E-state index in [1.807, 2.05) is 0 Å². The van der Waals surface area contributed by atoms with Crippen LogP contribution in [-0.2, 0) is 0 Å².